The lowest BCUT2D eigenvalue weighted by Crippen LogP contribution is -2.36. The molecule has 0 spiro atoms. The molecule has 6 heteroatoms. The van der Waals surface area contributed by atoms with Gasteiger partial charge < -0.3 is 5.32 Å². The van der Waals surface area contributed by atoms with E-state index in [1.807, 2.05) is 13.8 Å². The second-order valence-electron chi connectivity index (χ2n) is 3.17. The van der Waals surface area contributed by atoms with Gasteiger partial charge in [-0.2, -0.15) is 0 Å². The fourth-order valence-electron chi connectivity index (χ4n) is 0.788. The molecule has 1 N–H and O–H groups in total. The Morgan fingerprint density at radius 2 is 1.93 bits per heavy atom. The maximum atomic E-state index is 11.5. The number of hydrogen-bond acceptors (Lipinski definition) is 2. The van der Waals surface area contributed by atoms with E-state index in [9.17, 15) is 13.2 Å². The Labute approximate surface area is 86.8 Å². The molecule has 0 aliphatic carbocycles. The van der Waals surface area contributed by atoms with Gasteiger partial charge in [-0.15, -0.1) is 24.8 Å². The number of nitrogens with one attached hydrogen (secondary N) is 1. The molecule has 0 aromatic heterocycles. The average Bonchev–Trinajstić information content (AvgIpc) is 2.09. The number of rotatable bonds is 6. The number of ether oxygens (including phenoxy) is 1. The summed E-state index contributed by atoms with van der Waals surface area (Å²) in [6, 6.07) is 0.0873. The number of halogens is 4. The number of alkyl halides is 4. The first-order valence-corrected chi connectivity index (χ1v) is 4.90. The zero-order chi connectivity index (χ0) is 11.2. The molecule has 0 rings (SSSR count). The van der Waals surface area contributed by atoms with E-state index in [0.717, 1.165) is 0 Å². The summed E-state index contributed by atoms with van der Waals surface area (Å²) in [5.74, 6) is 0.705. The number of hydrogen-bond donors (Lipinski definition) is 1. The second kappa shape index (κ2) is 6.48. The van der Waals surface area contributed by atoms with E-state index in [1.54, 1.807) is 0 Å². The van der Waals surface area contributed by atoms with Crippen LogP contribution in [0.2, 0.25) is 0 Å². The van der Waals surface area contributed by atoms with Crippen molar-refractivity contribution < 1.29 is 17.9 Å². The van der Waals surface area contributed by atoms with Gasteiger partial charge in [0, 0.05) is 18.5 Å². The van der Waals surface area contributed by atoms with Crippen LogP contribution in [0.1, 0.15) is 13.8 Å². The molecule has 2 unspecified atom stereocenters. The normalized spacial score (nSPS) is 16.7. The maximum Gasteiger partial charge on any atom is 0.522 e. The van der Waals surface area contributed by atoms with E-state index in [2.05, 4.69) is 10.1 Å². The van der Waals surface area contributed by atoms with E-state index in [0.29, 0.717) is 5.88 Å². The van der Waals surface area contributed by atoms with E-state index in [1.165, 1.54) is 0 Å². The second-order valence-corrected chi connectivity index (χ2v) is 3.48. The summed E-state index contributed by atoms with van der Waals surface area (Å²) >= 11 is 5.58. The molecule has 0 saturated heterocycles. The lowest BCUT2D eigenvalue weighted by molar-refractivity contribution is -0.323. The smallest absolute Gasteiger partial charge is 0.312 e. The lowest BCUT2D eigenvalue weighted by atomic mass is 10.1. The van der Waals surface area contributed by atoms with Crippen LogP contribution in [0.5, 0.6) is 0 Å². The highest BCUT2D eigenvalue weighted by molar-refractivity contribution is 6.18. The summed E-state index contributed by atoms with van der Waals surface area (Å²) in [4.78, 5) is 0. The molecule has 0 aromatic carbocycles. The molecule has 0 bridgehead atoms. The maximum absolute atomic E-state index is 11.5. The third kappa shape index (κ3) is 7.41. The molecule has 0 amide bonds. The summed E-state index contributed by atoms with van der Waals surface area (Å²) in [7, 11) is 0. The van der Waals surface area contributed by atoms with Crippen LogP contribution in [-0.4, -0.2) is 31.4 Å². The predicted molar refractivity (Wildman–Crippen MR) is 49.4 cm³/mol. The van der Waals surface area contributed by atoms with Crippen molar-refractivity contribution in [1.29, 1.82) is 0 Å². The lowest BCUT2D eigenvalue weighted by Gasteiger charge is -2.19. The van der Waals surface area contributed by atoms with Crippen molar-refractivity contribution in [2.24, 2.45) is 5.92 Å². The molecule has 0 aliphatic heterocycles. The Morgan fingerprint density at radius 3 is 2.36 bits per heavy atom. The summed E-state index contributed by atoms with van der Waals surface area (Å²) < 4.78 is 38.2. The minimum absolute atomic E-state index is 0.0873. The Balaban J connectivity index is 3.45. The quantitative estimate of drug-likeness (QED) is 0.562. The molecule has 0 aromatic rings. The third-order valence-corrected chi connectivity index (χ3v) is 2.42. The van der Waals surface area contributed by atoms with Crippen molar-refractivity contribution >= 4 is 11.6 Å². The molecule has 0 radical (unpaired) electrons. The van der Waals surface area contributed by atoms with Gasteiger partial charge in [0.25, 0.3) is 0 Å². The van der Waals surface area contributed by atoms with Gasteiger partial charge in [-0.1, -0.05) is 6.92 Å². The van der Waals surface area contributed by atoms with Crippen LogP contribution in [0.4, 0.5) is 13.2 Å². The molecule has 0 aliphatic rings. The van der Waals surface area contributed by atoms with Gasteiger partial charge in [-0.25, -0.2) is 0 Å². The van der Waals surface area contributed by atoms with Crippen LogP contribution in [0, 0.1) is 5.92 Å². The molecule has 2 nitrogen and oxygen atoms in total. The van der Waals surface area contributed by atoms with E-state index in [4.69, 9.17) is 11.6 Å². The summed E-state index contributed by atoms with van der Waals surface area (Å²) in [5, 5.41) is 2.90. The molecular formula is C8H15ClF3NO. The largest absolute Gasteiger partial charge is 0.522 e. The van der Waals surface area contributed by atoms with Gasteiger partial charge in [0.05, 0.1) is 6.61 Å². The Hall–Kier alpha value is -0.0000000000000000555. The molecular weight excluding hydrogens is 219 g/mol. The summed E-state index contributed by atoms with van der Waals surface area (Å²) in [6.45, 7) is 3.60. The highest BCUT2D eigenvalue weighted by Gasteiger charge is 2.28. The third-order valence-electron chi connectivity index (χ3n) is 1.93. The standard InChI is InChI=1S/C8H15ClF3NO/c1-6(5-9)7(2)13-3-4-14-8(10,11)12/h6-7,13H,3-5H2,1-2H3. The average molecular weight is 234 g/mol. The Morgan fingerprint density at radius 1 is 1.36 bits per heavy atom. The first-order chi connectivity index (χ1) is 6.37. The van der Waals surface area contributed by atoms with Crippen molar-refractivity contribution in [1.82, 2.24) is 5.32 Å². The van der Waals surface area contributed by atoms with Crippen molar-refractivity contribution in [3.05, 3.63) is 0 Å². The zero-order valence-electron chi connectivity index (χ0n) is 8.20. The van der Waals surface area contributed by atoms with Gasteiger partial charge in [-0.3, -0.25) is 4.74 Å². The molecule has 86 valence electrons. The monoisotopic (exact) mass is 233 g/mol. The van der Waals surface area contributed by atoms with Crippen LogP contribution in [0.3, 0.4) is 0 Å². The molecule has 0 heterocycles. The zero-order valence-corrected chi connectivity index (χ0v) is 8.95. The molecule has 0 fully saturated rings. The van der Waals surface area contributed by atoms with Gasteiger partial charge in [0.1, 0.15) is 0 Å². The highest BCUT2D eigenvalue weighted by Crippen LogP contribution is 2.15. The van der Waals surface area contributed by atoms with Gasteiger partial charge in [0.2, 0.25) is 0 Å². The summed E-state index contributed by atoms with van der Waals surface area (Å²) in [5.41, 5.74) is 0. The molecule has 2 atom stereocenters. The molecule has 14 heavy (non-hydrogen) atoms. The topological polar surface area (TPSA) is 21.3 Å². The van der Waals surface area contributed by atoms with Crippen LogP contribution >= 0.6 is 11.6 Å². The highest BCUT2D eigenvalue weighted by atomic mass is 35.5. The van der Waals surface area contributed by atoms with Crippen LogP contribution in [0.25, 0.3) is 0 Å². The van der Waals surface area contributed by atoms with Gasteiger partial charge >= 0.3 is 6.36 Å². The van der Waals surface area contributed by atoms with E-state index < -0.39 is 6.36 Å². The minimum atomic E-state index is -4.54. The van der Waals surface area contributed by atoms with Gasteiger partial charge in [-0.05, 0) is 12.8 Å². The molecule has 0 saturated carbocycles. The summed E-state index contributed by atoms with van der Waals surface area (Å²) in [6.07, 6.45) is -4.54. The predicted octanol–water partition coefficient (Wildman–Crippen LogP) is 2.38. The van der Waals surface area contributed by atoms with Gasteiger partial charge in [0.15, 0.2) is 0 Å². The first kappa shape index (κ1) is 14.0. The minimum Gasteiger partial charge on any atom is -0.312 e. The SMILES string of the molecule is CC(CCl)C(C)NCCOC(F)(F)F. The van der Waals surface area contributed by atoms with Crippen molar-refractivity contribution in [3.8, 4) is 0 Å². The van der Waals surface area contributed by atoms with E-state index >= 15 is 0 Å². The van der Waals surface area contributed by atoms with Crippen molar-refractivity contribution in [2.75, 3.05) is 19.0 Å². The Kier molecular flexibility index (Phi) is 6.48. The first-order valence-electron chi connectivity index (χ1n) is 4.37. The van der Waals surface area contributed by atoms with E-state index in [-0.39, 0.29) is 25.1 Å². The van der Waals surface area contributed by atoms with Crippen LogP contribution in [-0.2, 0) is 4.74 Å². The van der Waals surface area contributed by atoms with Crippen molar-refractivity contribution in [3.63, 3.8) is 0 Å². The van der Waals surface area contributed by atoms with Crippen LogP contribution < -0.4 is 5.32 Å². The van der Waals surface area contributed by atoms with Crippen molar-refractivity contribution in [2.45, 2.75) is 26.3 Å². The Bertz CT molecular complexity index is 154. The van der Waals surface area contributed by atoms with Crippen LogP contribution in [0.15, 0.2) is 0 Å². The fraction of sp³-hybridized carbons (Fsp3) is 1.00. The fourth-order valence-corrected chi connectivity index (χ4v) is 1.06.